The maximum Gasteiger partial charge on any atom is 0.416 e. The highest BCUT2D eigenvalue weighted by Gasteiger charge is 2.37. The summed E-state index contributed by atoms with van der Waals surface area (Å²) in [5.74, 6) is 5.00. The molecule has 3 aromatic rings. The van der Waals surface area contributed by atoms with Crippen LogP contribution in [0.4, 0.5) is 32.0 Å². The molecule has 0 bridgehead atoms. The van der Waals surface area contributed by atoms with Crippen molar-refractivity contribution < 1.29 is 31.1 Å². The van der Waals surface area contributed by atoms with Gasteiger partial charge in [0.15, 0.2) is 5.82 Å². The predicted octanol–water partition coefficient (Wildman–Crippen LogP) is 4.43. The van der Waals surface area contributed by atoms with Crippen molar-refractivity contribution in [1.29, 1.82) is 0 Å². The zero-order chi connectivity index (χ0) is 22.8. The number of alkyl halides is 6. The molecule has 0 radical (unpaired) electrons. The van der Waals surface area contributed by atoms with Gasteiger partial charge in [-0.15, -0.1) is 10.2 Å². The Hall–Kier alpha value is -3.22. The number of nitrogens with two attached hydrogens (primary N) is 1. The third-order valence-electron chi connectivity index (χ3n) is 3.90. The number of amides is 1. The van der Waals surface area contributed by atoms with Crippen molar-refractivity contribution in [1.82, 2.24) is 14.9 Å². The van der Waals surface area contributed by atoms with E-state index in [0.29, 0.717) is 23.5 Å². The molecule has 164 valence electrons. The van der Waals surface area contributed by atoms with Crippen LogP contribution in [0.3, 0.4) is 0 Å². The molecule has 1 amide bonds. The molecule has 1 aromatic heterocycles. The Morgan fingerprint density at radius 1 is 0.968 bits per heavy atom. The second-order valence-electron chi connectivity index (χ2n) is 6.17. The van der Waals surface area contributed by atoms with Crippen LogP contribution in [0.25, 0.3) is 11.4 Å². The standard InChI is InChI=1S/C18H13F6N5OS/c19-17(20,21)11-6-12(18(22,23)24)8-13(7-11)26-14(30)9-31-16-28-27-15(29(16)25)10-4-2-1-3-5-10/h1-8H,9,25H2,(H,26,30). The van der Waals surface area contributed by atoms with Crippen molar-refractivity contribution in [2.24, 2.45) is 0 Å². The van der Waals surface area contributed by atoms with E-state index in [2.05, 4.69) is 10.2 Å². The predicted molar refractivity (Wildman–Crippen MR) is 101 cm³/mol. The van der Waals surface area contributed by atoms with Crippen LogP contribution in [0.15, 0.2) is 53.7 Å². The van der Waals surface area contributed by atoms with E-state index in [1.165, 1.54) is 0 Å². The van der Waals surface area contributed by atoms with Crippen molar-refractivity contribution in [3.8, 4) is 11.4 Å². The van der Waals surface area contributed by atoms with Gasteiger partial charge in [-0.3, -0.25) is 4.79 Å². The Morgan fingerprint density at radius 3 is 2.10 bits per heavy atom. The van der Waals surface area contributed by atoms with Crippen LogP contribution in [0.2, 0.25) is 0 Å². The van der Waals surface area contributed by atoms with Gasteiger partial charge in [-0.2, -0.15) is 26.3 Å². The first-order chi connectivity index (χ1) is 14.4. The SMILES string of the molecule is Nn1c(SCC(=O)Nc2cc(C(F)(F)F)cc(C(F)(F)F)c2)nnc1-c1ccccc1. The molecule has 3 N–H and O–H groups in total. The molecule has 2 aromatic carbocycles. The summed E-state index contributed by atoms with van der Waals surface area (Å²) in [6.45, 7) is 0. The van der Waals surface area contributed by atoms with Gasteiger partial charge in [-0.25, -0.2) is 4.68 Å². The number of carbonyl (C=O) groups excluding carboxylic acids is 1. The summed E-state index contributed by atoms with van der Waals surface area (Å²) in [5.41, 5.74) is -3.02. The van der Waals surface area contributed by atoms with Gasteiger partial charge in [0, 0.05) is 11.3 Å². The molecular weight excluding hydrogens is 448 g/mol. The number of carbonyl (C=O) groups is 1. The number of nitrogens with one attached hydrogen (secondary N) is 1. The molecular formula is C18H13F6N5OS. The molecule has 31 heavy (non-hydrogen) atoms. The molecule has 3 rings (SSSR count). The van der Waals surface area contributed by atoms with Crippen molar-refractivity contribution >= 4 is 23.4 Å². The molecule has 0 aliphatic rings. The van der Waals surface area contributed by atoms with Crippen molar-refractivity contribution in [3.05, 3.63) is 59.7 Å². The minimum Gasteiger partial charge on any atom is -0.335 e. The lowest BCUT2D eigenvalue weighted by Crippen LogP contribution is -2.18. The summed E-state index contributed by atoms with van der Waals surface area (Å²) in [4.78, 5) is 12.1. The second kappa shape index (κ2) is 8.49. The number of thioether (sulfide) groups is 1. The second-order valence-corrected chi connectivity index (χ2v) is 7.12. The number of nitrogen functional groups attached to an aromatic ring is 1. The van der Waals surface area contributed by atoms with E-state index in [1.54, 1.807) is 30.3 Å². The van der Waals surface area contributed by atoms with Gasteiger partial charge in [0.2, 0.25) is 11.1 Å². The molecule has 0 saturated heterocycles. The van der Waals surface area contributed by atoms with Crippen molar-refractivity contribution in [3.63, 3.8) is 0 Å². The summed E-state index contributed by atoms with van der Waals surface area (Å²) in [5, 5.41) is 9.92. The van der Waals surface area contributed by atoms with E-state index < -0.39 is 35.1 Å². The van der Waals surface area contributed by atoms with Crippen LogP contribution in [0.5, 0.6) is 0 Å². The lowest BCUT2D eigenvalue weighted by Gasteiger charge is -2.14. The first-order valence-corrected chi connectivity index (χ1v) is 9.42. The van der Waals surface area contributed by atoms with Gasteiger partial charge in [0.1, 0.15) is 0 Å². The highest BCUT2D eigenvalue weighted by Crippen LogP contribution is 2.37. The number of anilines is 1. The largest absolute Gasteiger partial charge is 0.416 e. The molecule has 6 nitrogen and oxygen atoms in total. The number of hydrogen-bond acceptors (Lipinski definition) is 5. The van der Waals surface area contributed by atoms with Crippen molar-refractivity contribution in [2.75, 3.05) is 16.9 Å². The number of halogens is 6. The highest BCUT2D eigenvalue weighted by atomic mass is 32.2. The van der Waals surface area contributed by atoms with Crippen LogP contribution in [-0.2, 0) is 17.1 Å². The van der Waals surface area contributed by atoms with E-state index in [0.717, 1.165) is 16.4 Å². The molecule has 1 heterocycles. The maximum atomic E-state index is 12.9. The third kappa shape index (κ3) is 5.48. The highest BCUT2D eigenvalue weighted by molar-refractivity contribution is 7.99. The molecule has 0 aliphatic carbocycles. The van der Waals surface area contributed by atoms with Crippen LogP contribution in [0, 0.1) is 0 Å². The molecule has 0 spiro atoms. The van der Waals surface area contributed by atoms with E-state index in [4.69, 9.17) is 5.84 Å². The minimum absolute atomic E-state index is 0.0214. The third-order valence-corrected chi connectivity index (χ3v) is 4.84. The number of aromatic nitrogens is 3. The fourth-order valence-electron chi connectivity index (χ4n) is 2.51. The molecule has 13 heteroatoms. The lowest BCUT2D eigenvalue weighted by atomic mass is 10.1. The lowest BCUT2D eigenvalue weighted by molar-refractivity contribution is -0.143. The number of nitrogens with zero attached hydrogens (tertiary/aromatic N) is 3. The van der Waals surface area contributed by atoms with E-state index in [9.17, 15) is 31.1 Å². The van der Waals surface area contributed by atoms with E-state index >= 15 is 0 Å². The van der Waals surface area contributed by atoms with Crippen LogP contribution >= 0.6 is 11.8 Å². The Kier molecular flexibility index (Phi) is 6.15. The minimum atomic E-state index is -5.01. The Balaban J connectivity index is 1.72. The normalized spacial score (nSPS) is 12.1. The summed E-state index contributed by atoms with van der Waals surface area (Å²) in [6, 6.07) is 9.61. The van der Waals surface area contributed by atoms with Gasteiger partial charge < -0.3 is 11.2 Å². The molecule has 0 saturated carbocycles. The number of rotatable bonds is 5. The molecule has 0 fully saturated rings. The van der Waals surface area contributed by atoms with E-state index in [-0.39, 0.29) is 17.0 Å². The Morgan fingerprint density at radius 2 is 1.55 bits per heavy atom. The summed E-state index contributed by atoms with van der Waals surface area (Å²) in [7, 11) is 0. The Bertz CT molecular complexity index is 1050. The topological polar surface area (TPSA) is 85.8 Å². The number of hydrogen-bond donors (Lipinski definition) is 2. The zero-order valence-electron chi connectivity index (χ0n) is 15.3. The average Bonchev–Trinajstić information content (AvgIpc) is 3.06. The molecule has 0 aliphatic heterocycles. The zero-order valence-corrected chi connectivity index (χ0v) is 16.1. The molecule has 0 atom stereocenters. The van der Waals surface area contributed by atoms with Gasteiger partial charge in [-0.05, 0) is 18.2 Å². The van der Waals surface area contributed by atoms with Gasteiger partial charge >= 0.3 is 12.4 Å². The monoisotopic (exact) mass is 461 g/mol. The number of benzene rings is 2. The summed E-state index contributed by atoms with van der Waals surface area (Å²) < 4.78 is 78.6. The smallest absolute Gasteiger partial charge is 0.335 e. The maximum absolute atomic E-state index is 12.9. The summed E-state index contributed by atoms with van der Waals surface area (Å²) in [6.07, 6.45) is -10.0. The van der Waals surface area contributed by atoms with Gasteiger partial charge in [-0.1, -0.05) is 42.1 Å². The van der Waals surface area contributed by atoms with E-state index in [1.807, 2.05) is 5.32 Å². The van der Waals surface area contributed by atoms with Crippen LogP contribution in [0.1, 0.15) is 11.1 Å². The van der Waals surface area contributed by atoms with Gasteiger partial charge in [0.25, 0.3) is 0 Å². The van der Waals surface area contributed by atoms with Gasteiger partial charge in [0.05, 0.1) is 16.9 Å². The first-order valence-electron chi connectivity index (χ1n) is 8.43. The average molecular weight is 461 g/mol. The van der Waals surface area contributed by atoms with Crippen LogP contribution < -0.4 is 11.2 Å². The summed E-state index contributed by atoms with van der Waals surface area (Å²) >= 11 is 0.817. The molecule has 0 unspecified atom stereocenters. The fourth-order valence-corrected chi connectivity index (χ4v) is 3.17. The van der Waals surface area contributed by atoms with Crippen molar-refractivity contribution in [2.45, 2.75) is 17.5 Å². The Labute approximate surface area is 175 Å². The van der Waals surface area contributed by atoms with Crippen LogP contribution in [-0.4, -0.2) is 26.5 Å². The first kappa shape index (κ1) is 22.5. The fraction of sp³-hybridized carbons (Fsp3) is 0.167. The quantitative estimate of drug-likeness (QED) is 0.334.